The number of likely N-dealkylation sites (N-methyl/N-ethyl adjacent to an activating group) is 1. The van der Waals surface area contributed by atoms with Crippen LogP contribution in [0.5, 0.6) is 5.75 Å². The van der Waals surface area contributed by atoms with Gasteiger partial charge in [-0.05, 0) is 36.4 Å². The monoisotopic (exact) mass is 352 g/mol. The van der Waals surface area contributed by atoms with E-state index in [0.717, 1.165) is 16.8 Å². The fourth-order valence-electron chi connectivity index (χ4n) is 2.69. The number of nitrogens with one attached hydrogen (secondary N) is 2. The lowest BCUT2D eigenvalue weighted by atomic mass is 10.3. The van der Waals surface area contributed by atoms with E-state index in [1.54, 1.807) is 43.0 Å². The lowest BCUT2D eigenvalue weighted by molar-refractivity contribution is -0.120. The highest BCUT2D eigenvalue weighted by Crippen LogP contribution is 2.18. The Labute approximate surface area is 151 Å². The molecule has 0 aliphatic rings. The Morgan fingerprint density at radius 1 is 1.08 bits per heavy atom. The van der Waals surface area contributed by atoms with Gasteiger partial charge in [0.1, 0.15) is 18.1 Å². The average molecular weight is 352 g/mol. The Kier molecular flexibility index (Phi) is 5.17. The molecule has 0 unspecified atom stereocenters. The van der Waals surface area contributed by atoms with E-state index in [9.17, 15) is 9.59 Å². The predicted octanol–water partition coefficient (Wildman–Crippen LogP) is 1.97. The first-order valence-electron chi connectivity index (χ1n) is 8.19. The minimum absolute atomic E-state index is 0.0683. The van der Waals surface area contributed by atoms with Crippen LogP contribution in [0.25, 0.3) is 11.0 Å². The molecule has 0 bridgehead atoms. The van der Waals surface area contributed by atoms with Gasteiger partial charge < -0.3 is 19.9 Å². The fourth-order valence-corrected chi connectivity index (χ4v) is 2.69. The summed E-state index contributed by atoms with van der Waals surface area (Å²) >= 11 is 0. The Hall–Kier alpha value is -3.35. The third-order valence-corrected chi connectivity index (χ3v) is 4.01. The molecule has 1 aromatic heterocycles. The molecule has 7 heteroatoms. The number of aromatic nitrogens is 2. The van der Waals surface area contributed by atoms with Crippen molar-refractivity contribution in [2.75, 3.05) is 19.5 Å². The Morgan fingerprint density at radius 3 is 2.50 bits per heavy atom. The van der Waals surface area contributed by atoms with Gasteiger partial charge in [-0.1, -0.05) is 12.1 Å². The van der Waals surface area contributed by atoms with Gasteiger partial charge in [0.2, 0.25) is 11.8 Å². The highest BCUT2D eigenvalue weighted by molar-refractivity contribution is 5.92. The molecule has 0 spiro atoms. The van der Waals surface area contributed by atoms with Gasteiger partial charge in [0, 0.05) is 12.7 Å². The summed E-state index contributed by atoms with van der Waals surface area (Å²) in [6, 6.07) is 14.6. The SMILES string of the molecule is CNC(=O)Cc1nc2ccccc2n1CC(=O)Nc1ccc(OC)cc1. The molecule has 26 heavy (non-hydrogen) atoms. The number of carbonyl (C=O) groups excluding carboxylic acids is 2. The number of hydrogen-bond acceptors (Lipinski definition) is 4. The highest BCUT2D eigenvalue weighted by atomic mass is 16.5. The summed E-state index contributed by atoms with van der Waals surface area (Å²) in [7, 11) is 3.16. The first-order valence-corrected chi connectivity index (χ1v) is 8.19. The van der Waals surface area contributed by atoms with Crippen molar-refractivity contribution >= 4 is 28.5 Å². The number of anilines is 1. The molecule has 0 aliphatic heterocycles. The van der Waals surface area contributed by atoms with Gasteiger partial charge in [0.05, 0.1) is 24.6 Å². The van der Waals surface area contributed by atoms with Crippen LogP contribution in [0.3, 0.4) is 0 Å². The maximum atomic E-state index is 12.5. The fraction of sp³-hybridized carbons (Fsp3) is 0.211. The van der Waals surface area contributed by atoms with Crippen LogP contribution >= 0.6 is 0 Å². The molecule has 2 amide bonds. The molecule has 3 rings (SSSR count). The minimum atomic E-state index is -0.198. The van der Waals surface area contributed by atoms with E-state index in [1.165, 1.54) is 0 Å². The number of carbonyl (C=O) groups is 2. The number of methoxy groups -OCH3 is 1. The zero-order valence-corrected chi connectivity index (χ0v) is 14.7. The van der Waals surface area contributed by atoms with E-state index in [2.05, 4.69) is 15.6 Å². The van der Waals surface area contributed by atoms with Crippen molar-refractivity contribution in [2.24, 2.45) is 0 Å². The van der Waals surface area contributed by atoms with E-state index in [-0.39, 0.29) is 24.8 Å². The summed E-state index contributed by atoms with van der Waals surface area (Å²) < 4.78 is 6.88. The highest BCUT2D eigenvalue weighted by Gasteiger charge is 2.16. The third kappa shape index (κ3) is 3.83. The molecule has 0 fully saturated rings. The zero-order chi connectivity index (χ0) is 18.5. The standard InChI is InChI=1S/C19H20N4O3/c1-20-18(24)11-17-22-15-5-3-4-6-16(15)23(17)12-19(25)21-13-7-9-14(26-2)10-8-13/h3-10H,11-12H2,1-2H3,(H,20,24)(H,21,25). The second-order valence-corrected chi connectivity index (χ2v) is 5.73. The third-order valence-electron chi connectivity index (χ3n) is 4.01. The van der Waals surface area contributed by atoms with Gasteiger partial charge in [-0.25, -0.2) is 4.98 Å². The lowest BCUT2D eigenvalue weighted by Crippen LogP contribution is -2.24. The van der Waals surface area contributed by atoms with Gasteiger partial charge >= 0.3 is 0 Å². The molecule has 3 aromatic rings. The van der Waals surface area contributed by atoms with Crippen molar-refractivity contribution in [1.82, 2.24) is 14.9 Å². The molecule has 0 atom stereocenters. The van der Waals surface area contributed by atoms with Gasteiger partial charge in [0.25, 0.3) is 0 Å². The molecular formula is C19H20N4O3. The quantitative estimate of drug-likeness (QED) is 0.710. The first-order chi connectivity index (χ1) is 12.6. The van der Waals surface area contributed by atoms with Gasteiger partial charge in [-0.2, -0.15) is 0 Å². The molecular weight excluding hydrogens is 332 g/mol. The Morgan fingerprint density at radius 2 is 1.81 bits per heavy atom. The van der Waals surface area contributed by atoms with Crippen LogP contribution in [0.15, 0.2) is 48.5 Å². The number of nitrogens with zero attached hydrogens (tertiary/aromatic N) is 2. The van der Waals surface area contributed by atoms with Gasteiger partial charge in [-0.15, -0.1) is 0 Å². The van der Waals surface area contributed by atoms with Crippen LogP contribution in [0.4, 0.5) is 5.69 Å². The molecule has 0 saturated carbocycles. The largest absolute Gasteiger partial charge is 0.497 e. The summed E-state index contributed by atoms with van der Waals surface area (Å²) in [6.45, 7) is 0.0683. The van der Waals surface area contributed by atoms with Gasteiger partial charge in [-0.3, -0.25) is 9.59 Å². The van der Waals surface area contributed by atoms with Crippen molar-refractivity contribution in [2.45, 2.75) is 13.0 Å². The van der Waals surface area contributed by atoms with Crippen molar-refractivity contribution in [3.8, 4) is 5.75 Å². The molecule has 1 heterocycles. The van der Waals surface area contributed by atoms with E-state index < -0.39 is 0 Å². The van der Waals surface area contributed by atoms with Crippen molar-refractivity contribution in [3.05, 3.63) is 54.4 Å². The van der Waals surface area contributed by atoms with Crippen LogP contribution in [0.1, 0.15) is 5.82 Å². The number of amides is 2. The number of para-hydroxylation sites is 2. The summed E-state index contributed by atoms with van der Waals surface area (Å²) in [6.07, 6.45) is 0.112. The predicted molar refractivity (Wildman–Crippen MR) is 99.1 cm³/mol. The number of rotatable bonds is 6. The molecule has 2 N–H and O–H groups in total. The second kappa shape index (κ2) is 7.69. The number of ether oxygens (including phenoxy) is 1. The van der Waals surface area contributed by atoms with Crippen LogP contribution in [-0.4, -0.2) is 35.5 Å². The molecule has 0 radical (unpaired) electrons. The molecule has 134 valence electrons. The maximum Gasteiger partial charge on any atom is 0.244 e. The molecule has 2 aromatic carbocycles. The van der Waals surface area contributed by atoms with Crippen LogP contribution in [0.2, 0.25) is 0 Å². The topological polar surface area (TPSA) is 85.2 Å². The number of hydrogen-bond donors (Lipinski definition) is 2. The van der Waals surface area contributed by atoms with Gasteiger partial charge in [0.15, 0.2) is 0 Å². The lowest BCUT2D eigenvalue weighted by Gasteiger charge is -2.10. The minimum Gasteiger partial charge on any atom is -0.497 e. The van der Waals surface area contributed by atoms with Crippen molar-refractivity contribution in [3.63, 3.8) is 0 Å². The first kappa shape index (κ1) is 17.5. The van der Waals surface area contributed by atoms with Crippen molar-refractivity contribution < 1.29 is 14.3 Å². The molecule has 0 saturated heterocycles. The summed E-state index contributed by atoms with van der Waals surface area (Å²) in [4.78, 5) is 28.8. The van der Waals surface area contributed by atoms with Crippen LogP contribution in [0, 0.1) is 0 Å². The van der Waals surface area contributed by atoms with Crippen LogP contribution in [-0.2, 0) is 22.6 Å². The Bertz CT molecular complexity index is 932. The van der Waals surface area contributed by atoms with E-state index in [0.29, 0.717) is 11.5 Å². The Balaban J connectivity index is 1.82. The molecule has 7 nitrogen and oxygen atoms in total. The smallest absolute Gasteiger partial charge is 0.244 e. The van der Waals surface area contributed by atoms with E-state index in [1.807, 2.05) is 24.3 Å². The summed E-state index contributed by atoms with van der Waals surface area (Å²) in [5.74, 6) is 0.917. The zero-order valence-electron chi connectivity index (χ0n) is 14.7. The number of benzene rings is 2. The number of imidazole rings is 1. The summed E-state index contributed by atoms with van der Waals surface area (Å²) in [5, 5.41) is 5.43. The molecule has 0 aliphatic carbocycles. The maximum absolute atomic E-state index is 12.5. The summed E-state index contributed by atoms with van der Waals surface area (Å²) in [5.41, 5.74) is 2.24. The average Bonchev–Trinajstić information content (AvgIpc) is 2.99. The second-order valence-electron chi connectivity index (χ2n) is 5.73. The van der Waals surface area contributed by atoms with E-state index >= 15 is 0 Å². The van der Waals surface area contributed by atoms with Crippen molar-refractivity contribution in [1.29, 1.82) is 0 Å². The number of fused-ring (bicyclic) bond motifs is 1. The van der Waals surface area contributed by atoms with E-state index in [4.69, 9.17) is 4.74 Å². The van der Waals surface area contributed by atoms with Crippen LogP contribution < -0.4 is 15.4 Å². The normalized spacial score (nSPS) is 10.5.